The zero-order valence-electron chi connectivity index (χ0n) is 16.4. The van der Waals surface area contributed by atoms with E-state index in [-0.39, 0.29) is 6.09 Å². The van der Waals surface area contributed by atoms with Gasteiger partial charge in [0.05, 0.1) is 10.7 Å². The van der Waals surface area contributed by atoms with Crippen molar-refractivity contribution in [1.82, 2.24) is 19.6 Å². The highest BCUT2D eigenvalue weighted by atomic mass is 35.5. The molecule has 0 N–H and O–H groups in total. The predicted molar refractivity (Wildman–Crippen MR) is 107 cm³/mol. The second-order valence-electron chi connectivity index (χ2n) is 7.90. The number of amides is 1. The second kappa shape index (κ2) is 7.90. The number of hydrogen-bond donors (Lipinski definition) is 0. The number of hydrogen-bond acceptors (Lipinski definition) is 4. The Balaban J connectivity index is 1.65. The third-order valence-electron chi connectivity index (χ3n) is 4.45. The van der Waals surface area contributed by atoms with Crippen molar-refractivity contribution in [2.75, 3.05) is 26.2 Å². The van der Waals surface area contributed by atoms with Crippen LogP contribution >= 0.6 is 11.6 Å². The van der Waals surface area contributed by atoms with Gasteiger partial charge in [-0.25, -0.2) is 4.79 Å². The van der Waals surface area contributed by atoms with Crippen LogP contribution < -0.4 is 0 Å². The lowest BCUT2D eigenvalue weighted by Gasteiger charge is -2.35. The Morgan fingerprint density at radius 3 is 2.48 bits per heavy atom. The number of piperazine rings is 1. The molecule has 7 heteroatoms. The Hall–Kier alpha value is -2.05. The van der Waals surface area contributed by atoms with Gasteiger partial charge in [-0.2, -0.15) is 5.10 Å². The summed E-state index contributed by atoms with van der Waals surface area (Å²) in [6.45, 7) is 9.37. The predicted octanol–water partition coefficient (Wildman–Crippen LogP) is 3.79. The van der Waals surface area contributed by atoms with Crippen LogP contribution in [0.2, 0.25) is 5.02 Å². The molecule has 2 aromatic rings. The normalized spacial score (nSPS) is 15.8. The molecule has 146 valence electrons. The van der Waals surface area contributed by atoms with Crippen LogP contribution in [0.3, 0.4) is 0 Å². The summed E-state index contributed by atoms with van der Waals surface area (Å²) in [4.78, 5) is 16.3. The van der Waals surface area contributed by atoms with E-state index in [9.17, 15) is 4.79 Å². The van der Waals surface area contributed by atoms with Crippen molar-refractivity contribution in [1.29, 1.82) is 0 Å². The molecule has 1 amide bonds. The molecule has 1 aromatic heterocycles. The maximum Gasteiger partial charge on any atom is 0.410 e. The van der Waals surface area contributed by atoms with Crippen LogP contribution in [-0.4, -0.2) is 57.5 Å². The molecular formula is C20H27ClN4O2. The number of carbonyl (C=O) groups excluding carboxylic acids is 1. The molecule has 3 rings (SSSR count). The smallest absolute Gasteiger partial charge is 0.410 e. The van der Waals surface area contributed by atoms with E-state index in [4.69, 9.17) is 16.3 Å². The number of rotatable bonds is 3. The van der Waals surface area contributed by atoms with Gasteiger partial charge in [-0.05, 0) is 26.8 Å². The summed E-state index contributed by atoms with van der Waals surface area (Å²) in [7, 11) is 1.92. The standard InChI is InChI=1S/C20H27ClN4O2/c1-20(2,3)27-19(26)25-11-9-24(10-12-25)14-15-13-23(4)22-18(15)16-7-5-6-8-17(16)21/h5-8,13H,9-12,14H2,1-4H3. The zero-order valence-corrected chi connectivity index (χ0v) is 17.2. The largest absolute Gasteiger partial charge is 0.444 e. The molecule has 0 atom stereocenters. The Morgan fingerprint density at radius 2 is 1.85 bits per heavy atom. The molecule has 0 saturated carbocycles. The molecule has 0 spiro atoms. The highest BCUT2D eigenvalue weighted by Crippen LogP contribution is 2.29. The van der Waals surface area contributed by atoms with Crippen molar-refractivity contribution in [3.63, 3.8) is 0 Å². The zero-order chi connectivity index (χ0) is 19.6. The number of aromatic nitrogens is 2. The average Bonchev–Trinajstić information content (AvgIpc) is 2.94. The molecule has 0 bridgehead atoms. The van der Waals surface area contributed by atoms with E-state index in [1.165, 1.54) is 0 Å². The minimum Gasteiger partial charge on any atom is -0.444 e. The SMILES string of the molecule is Cn1cc(CN2CCN(C(=O)OC(C)(C)C)CC2)c(-c2ccccc2Cl)n1. The van der Waals surface area contributed by atoms with E-state index < -0.39 is 5.60 Å². The summed E-state index contributed by atoms with van der Waals surface area (Å²) < 4.78 is 7.29. The van der Waals surface area contributed by atoms with Crippen LogP contribution in [0.5, 0.6) is 0 Å². The Morgan fingerprint density at radius 1 is 1.19 bits per heavy atom. The fraction of sp³-hybridized carbons (Fsp3) is 0.500. The average molecular weight is 391 g/mol. The number of halogens is 1. The van der Waals surface area contributed by atoms with Gasteiger partial charge in [0.15, 0.2) is 0 Å². The third-order valence-corrected chi connectivity index (χ3v) is 4.78. The van der Waals surface area contributed by atoms with Crippen LogP contribution in [0, 0.1) is 0 Å². The molecule has 1 aliphatic heterocycles. The fourth-order valence-corrected chi connectivity index (χ4v) is 3.41. The molecule has 1 saturated heterocycles. The molecule has 1 fully saturated rings. The summed E-state index contributed by atoms with van der Waals surface area (Å²) in [6.07, 6.45) is 1.80. The fourth-order valence-electron chi connectivity index (χ4n) is 3.19. The lowest BCUT2D eigenvalue weighted by atomic mass is 10.1. The van der Waals surface area contributed by atoms with Crippen molar-refractivity contribution >= 4 is 17.7 Å². The number of nitrogens with zero attached hydrogens (tertiary/aromatic N) is 4. The van der Waals surface area contributed by atoms with E-state index in [0.717, 1.165) is 36.5 Å². The molecule has 6 nitrogen and oxygen atoms in total. The molecule has 1 aliphatic rings. The first kappa shape index (κ1) is 19.7. The van der Waals surface area contributed by atoms with Gasteiger partial charge in [-0.3, -0.25) is 9.58 Å². The van der Waals surface area contributed by atoms with E-state index >= 15 is 0 Å². The van der Waals surface area contributed by atoms with Gasteiger partial charge in [-0.1, -0.05) is 29.8 Å². The van der Waals surface area contributed by atoms with Crippen molar-refractivity contribution in [2.24, 2.45) is 7.05 Å². The van der Waals surface area contributed by atoms with Crippen LogP contribution in [0.1, 0.15) is 26.3 Å². The maximum absolute atomic E-state index is 12.2. The number of aryl methyl sites for hydroxylation is 1. The number of ether oxygens (including phenoxy) is 1. The van der Waals surface area contributed by atoms with E-state index in [0.29, 0.717) is 18.1 Å². The molecular weight excluding hydrogens is 364 g/mol. The second-order valence-corrected chi connectivity index (χ2v) is 8.31. The van der Waals surface area contributed by atoms with Gasteiger partial charge in [-0.15, -0.1) is 0 Å². The third kappa shape index (κ3) is 5.02. The van der Waals surface area contributed by atoms with E-state index in [2.05, 4.69) is 10.00 Å². The number of benzene rings is 1. The van der Waals surface area contributed by atoms with Gasteiger partial charge < -0.3 is 9.64 Å². The topological polar surface area (TPSA) is 50.6 Å². The first-order valence-corrected chi connectivity index (χ1v) is 9.58. The van der Waals surface area contributed by atoms with Crippen LogP contribution in [0.25, 0.3) is 11.3 Å². The summed E-state index contributed by atoms with van der Waals surface area (Å²) >= 11 is 6.37. The summed E-state index contributed by atoms with van der Waals surface area (Å²) in [5.41, 5.74) is 2.53. The van der Waals surface area contributed by atoms with Crippen LogP contribution in [0.4, 0.5) is 4.79 Å². The van der Waals surface area contributed by atoms with Crippen molar-refractivity contribution in [3.8, 4) is 11.3 Å². The van der Waals surface area contributed by atoms with Crippen molar-refractivity contribution < 1.29 is 9.53 Å². The molecule has 27 heavy (non-hydrogen) atoms. The van der Waals surface area contributed by atoms with E-state index in [1.807, 2.05) is 63.0 Å². The minimum atomic E-state index is -0.465. The first-order valence-electron chi connectivity index (χ1n) is 9.20. The highest BCUT2D eigenvalue weighted by Gasteiger charge is 2.26. The number of carbonyl (C=O) groups is 1. The quantitative estimate of drug-likeness (QED) is 0.800. The van der Waals surface area contributed by atoms with Gasteiger partial charge in [0.2, 0.25) is 0 Å². The monoisotopic (exact) mass is 390 g/mol. The Labute approximate surface area is 165 Å². The maximum atomic E-state index is 12.2. The van der Waals surface area contributed by atoms with Gasteiger partial charge in [0.1, 0.15) is 5.60 Å². The van der Waals surface area contributed by atoms with Crippen LogP contribution in [-0.2, 0) is 18.3 Å². The van der Waals surface area contributed by atoms with E-state index in [1.54, 1.807) is 4.90 Å². The molecule has 0 unspecified atom stereocenters. The highest BCUT2D eigenvalue weighted by molar-refractivity contribution is 6.33. The van der Waals surface area contributed by atoms with Crippen molar-refractivity contribution in [3.05, 3.63) is 41.0 Å². The van der Waals surface area contributed by atoms with Gasteiger partial charge >= 0.3 is 6.09 Å². The van der Waals surface area contributed by atoms with Gasteiger partial charge in [0.25, 0.3) is 0 Å². The van der Waals surface area contributed by atoms with Crippen LogP contribution in [0.15, 0.2) is 30.5 Å². The lowest BCUT2D eigenvalue weighted by Crippen LogP contribution is -2.49. The molecule has 1 aromatic carbocycles. The minimum absolute atomic E-state index is 0.236. The summed E-state index contributed by atoms with van der Waals surface area (Å²) in [5.74, 6) is 0. The van der Waals surface area contributed by atoms with Gasteiger partial charge in [0, 0.05) is 57.1 Å². The molecule has 0 aliphatic carbocycles. The lowest BCUT2D eigenvalue weighted by molar-refractivity contribution is 0.0139. The van der Waals surface area contributed by atoms with Crippen molar-refractivity contribution in [2.45, 2.75) is 32.9 Å². The summed E-state index contributed by atoms with van der Waals surface area (Å²) in [6, 6.07) is 7.77. The Bertz CT molecular complexity index is 805. The first-order chi connectivity index (χ1) is 12.7. The molecule has 2 heterocycles. The summed E-state index contributed by atoms with van der Waals surface area (Å²) in [5, 5.41) is 5.31. The molecule has 0 radical (unpaired) electrons. The Kier molecular flexibility index (Phi) is 5.77.